The van der Waals surface area contributed by atoms with E-state index in [4.69, 9.17) is 0 Å². The topological polar surface area (TPSA) is 78.7 Å². The highest BCUT2D eigenvalue weighted by Crippen LogP contribution is 2.48. The molecule has 2 aliphatic heterocycles. The number of carbonyl (C=O) groups is 2. The lowest BCUT2D eigenvalue weighted by Crippen LogP contribution is -2.46. The lowest BCUT2D eigenvalue weighted by atomic mass is 9.74. The molecule has 2 fully saturated rings. The van der Waals surface area contributed by atoms with Gasteiger partial charge in [0.05, 0.1) is 23.9 Å². The molecule has 3 rings (SSSR count). The number of hydrogen-bond acceptors (Lipinski definition) is 4. The molecule has 1 N–H and O–H groups in total. The predicted molar refractivity (Wildman–Crippen MR) is 93.0 cm³/mol. The third-order valence-electron chi connectivity index (χ3n) is 5.94. The molecule has 1 aromatic rings. The summed E-state index contributed by atoms with van der Waals surface area (Å²) in [5.41, 5.74) is 0.156. The highest BCUT2D eigenvalue weighted by molar-refractivity contribution is 5.93. The standard InChI is InChI=1S/C18H28N4O3/c1-4-21-10-15(9-19-21)16(25)20-7-5-18(6-8-20)11-17(3,13-23)22(12-18)14(2)24/h9-10,23H,4-8,11-13H2,1-3H3. The number of carbonyl (C=O) groups excluding carboxylic acids is 2. The molecule has 0 aliphatic carbocycles. The number of amides is 2. The second-order valence-corrected chi connectivity index (χ2v) is 7.81. The fourth-order valence-corrected chi connectivity index (χ4v) is 4.47. The zero-order valence-electron chi connectivity index (χ0n) is 15.4. The van der Waals surface area contributed by atoms with E-state index in [1.165, 1.54) is 0 Å². The minimum Gasteiger partial charge on any atom is -0.394 e. The minimum absolute atomic E-state index is 0.00747. The normalized spacial score (nSPS) is 25.6. The number of aliphatic hydroxyl groups excluding tert-OH is 1. The maximum atomic E-state index is 12.7. The minimum atomic E-state index is -0.486. The van der Waals surface area contributed by atoms with Crippen LogP contribution in [-0.4, -0.2) is 68.3 Å². The summed E-state index contributed by atoms with van der Waals surface area (Å²) in [5, 5.41) is 14.0. The van der Waals surface area contributed by atoms with Crippen molar-refractivity contribution in [1.82, 2.24) is 19.6 Å². The number of piperidine rings is 1. The molecule has 1 unspecified atom stereocenters. The molecule has 0 bridgehead atoms. The Morgan fingerprint density at radius 3 is 2.48 bits per heavy atom. The molecule has 138 valence electrons. The Balaban J connectivity index is 1.67. The molecular formula is C18H28N4O3. The summed E-state index contributed by atoms with van der Waals surface area (Å²) in [4.78, 5) is 28.3. The lowest BCUT2D eigenvalue weighted by Gasteiger charge is -2.39. The van der Waals surface area contributed by atoms with Gasteiger partial charge in [-0.25, -0.2) is 0 Å². The van der Waals surface area contributed by atoms with Crippen molar-refractivity contribution in [3.8, 4) is 0 Å². The molecule has 2 saturated heterocycles. The quantitative estimate of drug-likeness (QED) is 0.888. The monoisotopic (exact) mass is 348 g/mol. The summed E-state index contributed by atoms with van der Waals surface area (Å²) in [7, 11) is 0. The molecule has 7 heteroatoms. The molecule has 1 aromatic heterocycles. The van der Waals surface area contributed by atoms with E-state index < -0.39 is 5.54 Å². The van der Waals surface area contributed by atoms with Gasteiger partial charge in [0.15, 0.2) is 0 Å². The van der Waals surface area contributed by atoms with Crippen molar-refractivity contribution in [2.24, 2.45) is 5.41 Å². The van der Waals surface area contributed by atoms with Gasteiger partial charge in [-0.2, -0.15) is 5.10 Å². The summed E-state index contributed by atoms with van der Waals surface area (Å²) in [6.07, 6.45) is 5.95. The van der Waals surface area contributed by atoms with Crippen molar-refractivity contribution in [1.29, 1.82) is 0 Å². The van der Waals surface area contributed by atoms with Gasteiger partial charge < -0.3 is 14.9 Å². The average Bonchev–Trinajstić information content (AvgIpc) is 3.19. The van der Waals surface area contributed by atoms with Crippen molar-refractivity contribution >= 4 is 11.8 Å². The molecule has 1 atom stereocenters. The highest BCUT2D eigenvalue weighted by atomic mass is 16.3. The Kier molecular flexibility index (Phi) is 4.62. The highest BCUT2D eigenvalue weighted by Gasteiger charge is 2.52. The van der Waals surface area contributed by atoms with Crippen LogP contribution in [0.25, 0.3) is 0 Å². The first-order valence-electron chi connectivity index (χ1n) is 9.03. The third-order valence-corrected chi connectivity index (χ3v) is 5.94. The second kappa shape index (κ2) is 6.44. The van der Waals surface area contributed by atoms with Crippen molar-refractivity contribution in [2.45, 2.75) is 52.1 Å². The van der Waals surface area contributed by atoms with Crippen LogP contribution in [0, 0.1) is 5.41 Å². The maximum absolute atomic E-state index is 12.7. The van der Waals surface area contributed by atoms with Crippen molar-refractivity contribution in [2.75, 3.05) is 26.2 Å². The summed E-state index contributed by atoms with van der Waals surface area (Å²) in [5.74, 6) is 0.0415. The largest absolute Gasteiger partial charge is 0.394 e. The Morgan fingerprint density at radius 1 is 1.32 bits per heavy atom. The van der Waals surface area contributed by atoms with Gasteiger partial charge in [0.25, 0.3) is 5.91 Å². The third kappa shape index (κ3) is 3.17. The van der Waals surface area contributed by atoms with Crippen LogP contribution >= 0.6 is 0 Å². The molecule has 3 heterocycles. The number of aryl methyl sites for hydroxylation is 1. The molecule has 0 aromatic carbocycles. The lowest BCUT2D eigenvalue weighted by molar-refractivity contribution is -0.134. The molecule has 0 saturated carbocycles. The van der Waals surface area contributed by atoms with Gasteiger partial charge in [0, 0.05) is 39.3 Å². The van der Waals surface area contributed by atoms with E-state index >= 15 is 0 Å². The summed E-state index contributed by atoms with van der Waals surface area (Å²) in [6, 6.07) is 0. The number of rotatable bonds is 3. The van der Waals surface area contributed by atoms with Gasteiger partial charge in [-0.05, 0) is 38.5 Å². The van der Waals surface area contributed by atoms with E-state index in [9.17, 15) is 14.7 Å². The second-order valence-electron chi connectivity index (χ2n) is 7.81. The fourth-order valence-electron chi connectivity index (χ4n) is 4.47. The van der Waals surface area contributed by atoms with Gasteiger partial charge in [-0.3, -0.25) is 14.3 Å². The van der Waals surface area contributed by atoms with E-state index in [1.54, 1.807) is 24.0 Å². The smallest absolute Gasteiger partial charge is 0.257 e. The zero-order valence-corrected chi connectivity index (χ0v) is 15.4. The van der Waals surface area contributed by atoms with E-state index in [-0.39, 0.29) is 23.8 Å². The maximum Gasteiger partial charge on any atom is 0.257 e. The first-order valence-corrected chi connectivity index (χ1v) is 9.03. The zero-order chi connectivity index (χ0) is 18.2. The number of likely N-dealkylation sites (tertiary alicyclic amines) is 2. The Labute approximate surface area is 148 Å². The van der Waals surface area contributed by atoms with Crippen LogP contribution in [0.15, 0.2) is 12.4 Å². The van der Waals surface area contributed by atoms with E-state index in [1.807, 2.05) is 23.6 Å². The van der Waals surface area contributed by atoms with Gasteiger partial charge >= 0.3 is 0 Å². The summed E-state index contributed by atoms with van der Waals surface area (Å²) >= 11 is 0. The molecule has 2 amide bonds. The molecule has 2 aliphatic rings. The number of hydrogen-bond donors (Lipinski definition) is 1. The Bertz CT molecular complexity index is 663. The molecule has 25 heavy (non-hydrogen) atoms. The van der Waals surface area contributed by atoms with Gasteiger partial charge in [-0.15, -0.1) is 0 Å². The van der Waals surface area contributed by atoms with Crippen LogP contribution in [0.4, 0.5) is 0 Å². The van der Waals surface area contributed by atoms with Gasteiger partial charge in [0.1, 0.15) is 0 Å². The number of aliphatic hydroxyl groups is 1. The van der Waals surface area contributed by atoms with Crippen LogP contribution in [0.5, 0.6) is 0 Å². The van der Waals surface area contributed by atoms with Crippen LogP contribution in [0.3, 0.4) is 0 Å². The van der Waals surface area contributed by atoms with Crippen LogP contribution < -0.4 is 0 Å². The van der Waals surface area contributed by atoms with Gasteiger partial charge in [0.2, 0.25) is 5.91 Å². The molecule has 7 nitrogen and oxygen atoms in total. The Hall–Kier alpha value is -1.89. The molecule has 1 spiro atoms. The first-order chi connectivity index (χ1) is 11.8. The summed E-state index contributed by atoms with van der Waals surface area (Å²) < 4.78 is 1.76. The number of nitrogens with zero attached hydrogens (tertiary/aromatic N) is 4. The first kappa shape index (κ1) is 17.9. The van der Waals surface area contributed by atoms with E-state index in [0.717, 1.165) is 25.8 Å². The van der Waals surface area contributed by atoms with Crippen molar-refractivity contribution in [3.63, 3.8) is 0 Å². The Morgan fingerprint density at radius 2 is 2.00 bits per heavy atom. The van der Waals surface area contributed by atoms with Crippen LogP contribution in [0.2, 0.25) is 0 Å². The molecular weight excluding hydrogens is 320 g/mol. The SMILES string of the molecule is CCn1cc(C(=O)N2CCC3(CC2)CN(C(C)=O)C(C)(CO)C3)cn1. The van der Waals surface area contributed by atoms with E-state index in [2.05, 4.69) is 5.10 Å². The van der Waals surface area contributed by atoms with Crippen LogP contribution in [-0.2, 0) is 11.3 Å². The summed E-state index contributed by atoms with van der Waals surface area (Å²) in [6.45, 7) is 8.29. The van der Waals surface area contributed by atoms with Gasteiger partial charge in [-0.1, -0.05) is 0 Å². The van der Waals surface area contributed by atoms with Crippen molar-refractivity contribution < 1.29 is 14.7 Å². The fraction of sp³-hybridized carbons (Fsp3) is 0.722. The van der Waals surface area contributed by atoms with E-state index in [0.29, 0.717) is 25.2 Å². The average molecular weight is 348 g/mol. The van der Waals surface area contributed by atoms with Crippen molar-refractivity contribution in [3.05, 3.63) is 18.0 Å². The predicted octanol–water partition coefficient (Wildman–Crippen LogP) is 1.13. The number of aromatic nitrogens is 2. The van der Waals surface area contributed by atoms with Crippen LogP contribution in [0.1, 0.15) is 50.4 Å². The molecule has 0 radical (unpaired) electrons.